The Bertz CT molecular complexity index is 444. The normalized spacial score (nSPS) is 13.8. The molecule has 0 saturated carbocycles. The minimum Gasteiger partial charge on any atom is -0.465 e. The summed E-state index contributed by atoms with van der Waals surface area (Å²) in [5, 5.41) is 0.0275. The molecule has 5 heteroatoms. The maximum Gasteiger partial charge on any atom is 0.323 e. The van der Waals surface area contributed by atoms with Gasteiger partial charge in [0.25, 0.3) is 0 Å². The number of hydrogen-bond donors (Lipinski definition) is 0. The van der Waals surface area contributed by atoms with E-state index in [1.54, 1.807) is 6.92 Å². The molecule has 0 aromatic heterocycles. The smallest absolute Gasteiger partial charge is 0.323 e. The monoisotopic (exact) mass is 316 g/mol. The van der Waals surface area contributed by atoms with E-state index in [1.165, 1.54) is 31.2 Å². The highest BCUT2D eigenvalue weighted by molar-refractivity contribution is 9.09. The third-order valence-corrected chi connectivity index (χ3v) is 3.29. The van der Waals surface area contributed by atoms with Crippen LogP contribution in [0.5, 0.6) is 0 Å². The minimum absolute atomic E-state index is 0.0275. The maximum absolute atomic E-state index is 12.9. The Hall–Kier alpha value is -1.23. The highest BCUT2D eigenvalue weighted by Gasteiger charge is 2.43. The van der Waals surface area contributed by atoms with Crippen molar-refractivity contribution in [3.8, 4) is 0 Å². The first-order valence-corrected chi connectivity index (χ1v) is 6.61. The average molecular weight is 317 g/mol. The summed E-state index contributed by atoms with van der Waals surface area (Å²) >= 11 is 3.05. The van der Waals surface area contributed by atoms with Gasteiger partial charge in [-0.2, -0.15) is 0 Å². The van der Waals surface area contributed by atoms with E-state index in [9.17, 15) is 14.0 Å². The van der Waals surface area contributed by atoms with E-state index in [4.69, 9.17) is 4.74 Å². The molecule has 0 aliphatic carbocycles. The number of ether oxygens (including phenoxy) is 1. The van der Waals surface area contributed by atoms with Crippen molar-refractivity contribution < 1.29 is 18.7 Å². The Morgan fingerprint density at radius 3 is 2.33 bits per heavy atom. The van der Waals surface area contributed by atoms with Gasteiger partial charge in [0.15, 0.2) is 5.78 Å². The molecule has 1 aromatic carbocycles. The van der Waals surface area contributed by atoms with Crippen LogP contribution in [0.3, 0.4) is 0 Å². The van der Waals surface area contributed by atoms with Gasteiger partial charge in [0.2, 0.25) is 0 Å². The molecular weight excluding hydrogens is 303 g/mol. The number of benzene rings is 1. The lowest BCUT2D eigenvalue weighted by Crippen LogP contribution is -2.43. The SMILES string of the molecule is CCOC(=O)C(C)(C(=O)CBr)c1ccc(F)cc1. The summed E-state index contributed by atoms with van der Waals surface area (Å²) in [6, 6.07) is 5.28. The zero-order chi connectivity index (χ0) is 13.8. The number of carbonyl (C=O) groups excluding carboxylic acids is 2. The van der Waals surface area contributed by atoms with Gasteiger partial charge in [-0.05, 0) is 31.5 Å². The molecule has 1 rings (SSSR count). The van der Waals surface area contributed by atoms with Crippen LogP contribution in [0.1, 0.15) is 19.4 Å². The number of halogens is 2. The van der Waals surface area contributed by atoms with Gasteiger partial charge in [0.1, 0.15) is 11.2 Å². The van der Waals surface area contributed by atoms with Crippen LogP contribution in [0, 0.1) is 5.82 Å². The Balaban J connectivity index is 3.24. The van der Waals surface area contributed by atoms with E-state index in [0.29, 0.717) is 5.56 Å². The third kappa shape index (κ3) is 2.77. The maximum atomic E-state index is 12.9. The van der Waals surface area contributed by atoms with Crippen LogP contribution < -0.4 is 0 Å². The quantitative estimate of drug-likeness (QED) is 0.476. The van der Waals surface area contributed by atoms with Crippen LogP contribution in [0.15, 0.2) is 24.3 Å². The second-order valence-corrected chi connectivity index (χ2v) is 4.47. The van der Waals surface area contributed by atoms with Crippen LogP contribution in [0.25, 0.3) is 0 Å². The van der Waals surface area contributed by atoms with Crippen molar-refractivity contribution in [1.29, 1.82) is 0 Å². The molecule has 1 aromatic rings. The number of esters is 1. The number of Topliss-reactive ketones (excluding diaryl/α,β-unsaturated/α-hetero) is 1. The first-order chi connectivity index (χ1) is 8.46. The summed E-state index contributed by atoms with van der Waals surface area (Å²) in [6.45, 7) is 3.34. The number of carbonyl (C=O) groups is 2. The third-order valence-electron chi connectivity index (χ3n) is 2.78. The molecule has 0 N–H and O–H groups in total. The minimum atomic E-state index is -1.41. The predicted octanol–water partition coefficient (Wildman–Crippen LogP) is 2.61. The van der Waals surface area contributed by atoms with Crippen LogP contribution in [-0.4, -0.2) is 23.7 Å². The molecule has 1 atom stereocenters. The molecule has 0 fully saturated rings. The van der Waals surface area contributed by atoms with E-state index in [-0.39, 0.29) is 17.7 Å². The van der Waals surface area contributed by atoms with Crippen LogP contribution in [0.2, 0.25) is 0 Å². The fraction of sp³-hybridized carbons (Fsp3) is 0.385. The van der Waals surface area contributed by atoms with Crippen molar-refractivity contribution in [3.63, 3.8) is 0 Å². The molecule has 0 heterocycles. The predicted molar refractivity (Wildman–Crippen MR) is 69.2 cm³/mol. The molecule has 18 heavy (non-hydrogen) atoms. The summed E-state index contributed by atoms with van der Waals surface area (Å²) in [5.74, 6) is -1.37. The summed E-state index contributed by atoms with van der Waals surface area (Å²) in [7, 11) is 0. The number of rotatable bonds is 5. The number of ketones is 1. The van der Waals surface area contributed by atoms with Crippen molar-refractivity contribution >= 4 is 27.7 Å². The van der Waals surface area contributed by atoms with Crippen molar-refractivity contribution in [3.05, 3.63) is 35.6 Å². The average Bonchev–Trinajstić information content (AvgIpc) is 2.37. The fourth-order valence-corrected chi connectivity index (χ4v) is 2.15. The van der Waals surface area contributed by atoms with Crippen molar-refractivity contribution in [2.45, 2.75) is 19.3 Å². The summed E-state index contributed by atoms with van der Waals surface area (Å²) in [5.41, 5.74) is -0.987. The molecule has 0 aliphatic rings. The van der Waals surface area contributed by atoms with E-state index in [2.05, 4.69) is 15.9 Å². The van der Waals surface area contributed by atoms with Crippen LogP contribution >= 0.6 is 15.9 Å². The Labute approximate surface area is 113 Å². The molecule has 1 unspecified atom stereocenters. The van der Waals surface area contributed by atoms with Gasteiger partial charge >= 0.3 is 5.97 Å². The Kier molecular flexibility index (Phi) is 5.02. The summed E-state index contributed by atoms with van der Waals surface area (Å²) in [4.78, 5) is 24.0. The molecule has 0 bridgehead atoms. The molecule has 0 amide bonds. The molecule has 0 aliphatic heterocycles. The van der Waals surface area contributed by atoms with Crippen LogP contribution in [0.4, 0.5) is 4.39 Å². The van der Waals surface area contributed by atoms with E-state index in [1.807, 2.05) is 0 Å². The van der Waals surface area contributed by atoms with Gasteiger partial charge in [0.05, 0.1) is 11.9 Å². The van der Waals surface area contributed by atoms with Gasteiger partial charge in [0, 0.05) is 0 Å². The lowest BCUT2D eigenvalue weighted by molar-refractivity contribution is -0.152. The standard InChI is InChI=1S/C13H14BrFO3/c1-3-18-12(17)13(2,11(16)8-14)9-4-6-10(15)7-5-9/h4-7H,3,8H2,1-2H3. The zero-order valence-corrected chi connectivity index (χ0v) is 11.8. The Morgan fingerprint density at radius 2 is 1.89 bits per heavy atom. The van der Waals surface area contributed by atoms with E-state index >= 15 is 0 Å². The molecule has 0 radical (unpaired) electrons. The number of alkyl halides is 1. The highest BCUT2D eigenvalue weighted by atomic mass is 79.9. The summed E-state index contributed by atoms with van der Waals surface area (Å²) < 4.78 is 17.8. The first kappa shape index (κ1) is 14.8. The molecule has 98 valence electrons. The summed E-state index contributed by atoms with van der Waals surface area (Å²) in [6.07, 6.45) is 0. The van der Waals surface area contributed by atoms with E-state index < -0.39 is 17.2 Å². The topological polar surface area (TPSA) is 43.4 Å². The van der Waals surface area contributed by atoms with Crippen LogP contribution in [-0.2, 0) is 19.7 Å². The second-order valence-electron chi connectivity index (χ2n) is 3.91. The van der Waals surface area contributed by atoms with Gasteiger partial charge in [-0.25, -0.2) is 4.39 Å². The highest BCUT2D eigenvalue weighted by Crippen LogP contribution is 2.28. The number of hydrogen-bond acceptors (Lipinski definition) is 3. The fourth-order valence-electron chi connectivity index (χ4n) is 1.58. The van der Waals surface area contributed by atoms with Gasteiger partial charge in [-0.3, -0.25) is 9.59 Å². The zero-order valence-electron chi connectivity index (χ0n) is 10.2. The molecule has 0 spiro atoms. The lowest BCUT2D eigenvalue weighted by Gasteiger charge is -2.25. The Morgan fingerprint density at radius 1 is 1.33 bits per heavy atom. The van der Waals surface area contributed by atoms with Gasteiger partial charge in [-0.15, -0.1) is 0 Å². The molecular formula is C13H14BrFO3. The van der Waals surface area contributed by atoms with Gasteiger partial charge in [-0.1, -0.05) is 28.1 Å². The van der Waals surface area contributed by atoms with Crippen molar-refractivity contribution in [1.82, 2.24) is 0 Å². The largest absolute Gasteiger partial charge is 0.465 e. The van der Waals surface area contributed by atoms with Crippen molar-refractivity contribution in [2.24, 2.45) is 0 Å². The molecule has 0 saturated heterocycles. The van der Waals surface area contributed by atoms with Crippen molar-refractivity contribution in [2.75, 3.05) is 11.9 Å². The van der Waals surface area contributed by atoms with Gasteiger partial charge < -0.3 is 4.74 Å². The lowest BCUT2D eigenvalue weighted by atomic mass is 9.79. The van der Waals surface area contributed by atoms with E-state index in [0.717, 1.165) is 0 Å². The second kappa shape index (κ2) is 6.09. The first-order valence-electron chi connectivity index (χ1n) is 5.49. The molecule has 3 nitrogen and oxygen atoms in total.